The van der Waals surface area contributed by atoms with Crippen molar-refractivity contribution in [1.29, 1.82) is 0 Å². The Morgan fingerprint density at radius 1 is 0.550 bits per heavy atom. The van der Waals surface area contributed by atoms with Crippen molar-refractivity contribution in [3.05, 3.63) is 0 Å². The molecule has 0 aromatic heterocycles. The van der Waals surface area contributed by atoms with Crippen LogP contribution in [0.3, 0.4) is 0 Å². The van der Waals surface area contributed by atoms with Gasteiger partial charge in [-0.25, -0.2) is 9.78 Å². The van der Waals surface area contributed by atoms with E-state index in [0.717, 1.165) is 0 Å². The predicted molar refractivity (Wildman–Crippen MR) is 83.1 cm³/mol. The minimum atomic E-state index is -0.888. The first kappa shape index (κ1) is 22.1. The molecule has 0 N–H and O–H groups in total. The summed E-state index contributed by atoms with van der Waals surface area (Å²) in [5, 5.41) is 0. The lowest BCUT2D eigenvalue weighted by atomic mass is 10.2. The summed E-state index contributed by atoms with van der Waals surface area (Å²) in [7, 11) is 0. The predicted octanol–water partition coefficient (Wildman–Crippen LogP) is 5.41. The highest BCUT2D eigenvalue weighted by Gasteiger charge is 2.31. The first-order chi connectivity index (χ1) is 8.89. The molecule has 0 amide bonds. The topological polar surface area (TPSA) is 36.9 Å². The van der Waals surface area contributed by atoms with Crippen LogP contribution >= 0.6 is 0 Å². The van der Waals surface area contributed by atoms with Crippen LogP contribution in [-0.4, -0.2) is 17.0 Å². The van der Waals surface area contributed by atoms with E-state index < -0.39 is 5.79 Å². The maximum atomic E-state index is 5.29. The molecule has 0 aromatic rings. The van der Waals surface area contributed by atoms with Gasteiger partial charge in [-0.2, -0.15) is 9.78 Å². The van der Waals surface area contributed by atoms with Crippen LogP contribution in [0.15, 0.2) is 0 Å². The number of hydrogen-bond acceptors (Lipinski definition) is 4. The van der Waals surface area contributed by atoms with Gasteiger partial charge in [-0.05, 0) is 48.5 Å². The lowest BCUT2D eigenvalue weighted by molar-refractivity contribution is -0.536. The van der Waals surface area contributed by atoms with Crippen LogP contribution in [0.2, 0.25) is 0 Å². The van der Waals surface area contributed by atoms with E-state index in [4.69, 9.17) is 19.6 Å². The Morgan fingerprint density at radius 2 is 0.850 bits per heavy atom. The fraction of sp³-hybridized carbons (Fsp3) is 1.00. The third kappa shape index (κ3) is 15.9. The van der Waals surface area contributed by atoms with Crippen molar-refractivity contribution in [2.75, 3.05) is 0 Å². The lowest BCUT2D eigenvalue weighted by Gasteiger charge is -2.31. The molecule has 0 aromatic carbocycles. The first-order valence-corrected chi connectivity index (χ1v) is 7.62. The van der Waals surface area contributed by atoms with E-state index >= 15 is 0 Å². The molecule has 124 valence electrons. The number of rotatable bonds is 6. The van der Waals surface area contributed by atoms with Gasteiger partial charge < -0.3 is 0 Å². The molecule has 0 radical (unpaired) electrons. The van der Waals surface area contributed by atoms with Gasteiger partial charge in [0.05, 0.1) is 11.2 Å². The molecule has 0 unspecified atom stereocenters. The van der Waals surface area contributed by atoms with Crippen LogP contribution in [-0.2, 0) is 19.6 Å². The highest BCUT2D eigenvalue weighted by molar-refractivity contribution is 4.60. The summed E-state index contributed by atoms with van der Waals surface area (Å²) in [5.74, 6) is -0.888. The fourth-order valence-electron chi connectivity index (χ4n) is 0.558. The van der Waals surface area contributed by atoms with E-state index in [1.54, 1.807) is 6.92 Å². The second-order valence-electron chi connectivity index (χ2n) is 7.05. The summed E-state index contributed by atoms with van der Waals surface area (Å²) in [6.45, 7) is 19.5. The SMILES string of the molecule is CCC(C)(OOC(C)(C)C)OOC(C)(C)C.CCCC. The van der Waals surface area contributed by atoms with E-state index in [2.05, 4.69) is 13.8 Å². The Balaban J connectivity index is 0. The fourth-order valence-corrected chi connectivity index (χ4v) is 0.558. The van der Waals surface area contributed by atoms with Crippen LogP contribution in [0.1, 0.15) is 88.5 Å². The molecule has 4 heteroatoms. The molecule has 0 aliphatic carbocycles. The van der Waals surface area contributed by atoms with Crippen molar-refractivity contribution in [3.8, 4) is 0 Å². The molecule has 0 saturated carbocycles. The van der Waals surface area contributed by atoms with Gasteiger partial charge in [-0.15, -0.1) is 0 Å². The van der Waals surface area contributed by atoms with Crippen molar-refractivity contribution in [1.82, 2.24) is 0 Å². The molecule has 0 saturated heterocycles. The van der Waals surface area contributed by atoms with Gasteiger partial charge in [0.2, 0.25) is 5.79 Å². The van der Waals surface area contributed by atoms with Crippen molar-refractivity contribution in [3.63, 3.8) is 0 Å². The second kappa shape index (κ2) is 9.72. The number of hydrogen-bond donors (Lipinski definition) is 0. The molecule has 0 bridgehead atoms. The Labute approximate surface area is 126 Å². The molecule has 4 nitrogen and oxygen atoms in total. The van der Waals surface area contributed by atoms with Gasteiger partial charge in [0.25, 0.3) is 0 Å². The third-order valence-electron chi connectivity index (χ3n) is 2.08. The first-order valence-electron chi connectivity index (χ1n) is 7.62. The molecular weight excluding hydrogens is 256 g/mol. The van der Waals surface area contributed by atoms with Gasteiger partial charge in [0, 0.05) is 6.42 Å². The maximum absolute atomic E-state index is 5.29. The van der Waals surface area contributed by atoms with Gasteiger partial charge in [0.15, 0.2) is 0 Å². The Kier molecular flexibility index (Phi) is 10.8. The van der Waals surface area contributed by atoms with Gasteiger partial charge >= 0.3 is 0 Å². The van der Waals surface area contributed by atoms with E-state index in [1.165, 1.54) is 12.8 Å². The summed E-state index contributed by atoms with van der Waals surface area (Å²) in [6.07, 6.45) is 3.26. The average molecular weight is 292 g/mol. The van der Waals surface area contributed by atoms with Crippen LogP contribution in [0.5, 0.6) is 0 Å². The minimum absolute atomic E-state index is 0.373. The number of unbranched alkanes of at least 4 members (excludes halogenated alkanes) is 1. The Bertz CT molecular complexity index is 206. The highest BCUT2D eigenvalue weighted by atomic mass is 17.3. The normalized spacial score (nSPS) is 12.9. The quantitative estimate of drug-likeness (QED) is 0.372. The van der Waals surface area contributed by atoms with Crippen LogP contribution in [0.25, 0.3) is 0 Å². The van der Waals surface area contributed by atoms with Crippen LogP contribution in [0.4, 0.5) is 0 Å². The lowest BCUT2D eigenvalue weighted by Crippen LogP contribution is -2.38. The average Bonchev–Trinajstić information content (AvgIpc) is 2.33. The summed E-state index contributed by atoms with van der Waals surface area (Å²) < 4.78 is 0. The Morgan fingerprint density at radius 3 is 1.00 bits per heavy atom. The van der Waals surface area contributed by atoms with Crippen molar-refractivity contribution < 1.29 is 19.6 Å². The smallest absolute Gasteiger partial charge is 0.228 e. The minimum Gasteiger partial charge on any atom is -0.228 e. The largest absolute Gasteiger partial charge is 0.231 e. The van der Waals surface area contributed by atoms with Gasteiger partial charge in [-0.1, -0.05) is 33.6 Å². The highest BCUT2D eigenvalue weighted by Crippen LogP contribution is 2.23. The molecule has 0 spiro atoms. The molecule has 0 rings (SSSR count). The summed E-state index contributed by atoms with van der Waals surface area (Å²) in [4.78, 5) is 21.1. The zero-order valence-corrected chi connectivity index (χ0v) is 15.3. The molecule has 0 heterocycles. The molecular formula is C16H36O4. The van der Waals surface area contributed by atoms with E-state index in [0.29, 0.717) is 6.42 Å². The Hall–Kier alpha value is -0.160. The van der Waals surface area contributed by atoms with E-state index in [9.17, 15) is 0 Å². The van der Waals surface area contributed by atoms with Crippen molar-refractivity contribution in [2.24, 2.45) is 0 Å². The summed E-state index contributed by atoms with van der Waals surface area (Å²) in [5.41, 5.74) is -0.747. The van der Waals surface area contributed by atoms with E-state index in [1.807, 2.05) is 48.5 Å². The standard InChI is InChI=1S/C12H26O4.C4H10/c1-9-12(8,15-13-10(2,3)4)16-14-11(5,6)7;1-3-4-2/h9H2,1-8H3;3-4H2,1-2H3. The molecule has 20 heavy (non-hydrogen) atoms. The summed E-state index contributed by atoms with van der Waals surface area (Å²) >= 11 is 0. The van der Waals surface area contributed by atoms with Crippen molar-refractivity contribution >= 4 is 0 Å². The second-order valence-corrected chi connectivity index (χ2v) is 7.05. The molecule has 0 aliphatic heterocycles. The van der Waals surface area contributed by atoms with Crippen LogP contribution < -0.4 is 0 Å². The third-order valence-corrected chi connectivity index (χ3v) is 2.08. The molecule has 0 aliphatic rings. The van der Waals surface area contributed by atoms with Gasteiger partial charge in [0.1, 0.15) is 0 Å². The van der Waals surface area contributed by atoms with Crippen molar-refractivity contribution in [2.45, 2.75) is 105 Å². The zero-order chi connectivity index (χ0) is 16.4. The maximum Gasteiger partial charge on any atom is 0.231 e. The van der Waals surface area contributed by atoms with Gasteiger partial charge in [-0.3, -0.25) is 0 Å². The zero-order valence-electron chi connectivity index (χ0n) is 15.3. The molecule has 0 atom stereocenters. The van der Waals surface area contributed by atoms with E-state index in [-0.39, 0.29) is 11.2 Å². The summed E-state index contributed by atoms with van der Waals surface area (Å²) in [6, 6.07) is 0. The van der Waals surface area contributed by atoms with Crippen LogP contribution in [0, 0.1) is 0 Å². The molecule has 0 fully saturated rings. The monoisotopic (exact) mass is 292 g/mol.